The maximum absolute atomic E-state index is 12.3. The van der Waals surface area contributed by atoms with E-state index in [9.17, 15) is 4.79 Å². The van der Waals surface area contributed by atoms with E-state index in [2.05, 4.69) is 10.3 Å². The molecule has 1 aliphatic rings. The third-order valence-electron chi connectivity index (χ3n) is 3.74. The van der Waals surface area contributed by atoms with Crippen molar-refractivity contribution in [2.45, 2.75) is 6.92 Å². The maximum atomic E-state index is 12.3. The van der Waals surface area contributed by atoms with Crippen LogP contribution >= 0.6 is 23.4 Å². The summed E-state index contributed by atoms with van der Waals surface area (Å²) in [5, 5.41) is 3.74. The molecule has 2 aromatic carbocycles. The van der Waals surface area contributed by atoms with Crippen molar-refractivity contribution in [1.82, 2.24) is 5.32 Å². The molecule has 3 rings (SSSR count). The monoisotopic (exact) mass is 388 g/mol. The number of ether oxygens (including phenoxy) is 2. The van der Waals surface area contributed by atoms with Crippen molar-refractivity contribution in [2.24, 2.45) is 4.99 Å². The summed E-state index contributed by atoms with van der Waals surface area (Å²) in [5.41, 5.74) is 2.60. The van der Waals surface area contributed by atoms with Gasteiger partial charge in [0.25, 0.3) is 5.91 Å². The number of aryl methyl sites for hydroxylation is 1. The fraction of sp³-hybridized carbons (Fsp3) is 0.158. The topological polar surface area (TPSA) is 59.9 Å². The molecule has 0 aliphatic carbocycles. The molecule has 134 valence electrons. The van der Waals surface area contributed by atoms with E-state index >= 15 is 0 Å². The Labute approximate surface area is 161 Å². The van der Waals surface area contributed by atoms with Gasteiger partial charge >= 0.3 is 0 Å². The highest BCUT2D eigenvalue weighted by Crippen LogP contribution is 2.37. The summed E-state index contributed by atoms with van der Waals surface area (Å²) in [4.78, 5) is 17.3. The zero-order chi connectivity index (χ0) is 18.7. The molecular formula is C19H17ClN2O3S. The van der Waals surface area contributed by atoms with Crippen molar-refractivity contribution in [2.75, 3.05) is 14.2 Å². The normalized spacial score (nSPS) is 16.8. The van der Waals surface area contributed by atoms with Crippen LogP contribution in [0.15, 0.2) is 46.3 Å². The van der Waals surface area contributed by atoms with Gasteiger partial charge in [0, 0.05) is 0 Å². The van der Waals surface area contributed by atoms with Crippen molar-refractivity contribution in [3.8, 4) is 11.5 Å². The summed E-state index contributed by atoms with van der Waals surface area (Å²) in [6, 6.07) is 11.2. The Morgan fingerprint density at radius 2 is 1.96 bits per heavy atom. The van der Waals surface area contributed by atoms with Crippen molar-refractivity contribution in [3.05, 3.63) is 57.5 Å². The van der Waals surface area contributed by atoms with Gasteiger partial charge in [0.2, 0.25) is 0 Å². The zero-order valence-electron chi connectivity index (χ0n) is 14.5. The number of nitrogens with zero attached hydrogens (tertiary/aromatic N) is 1. The Kier molecular flexibility index (Phi) is 5.54. The highest BCUT2D eigenvalue weighted by atomic mass is 35.5. The van der Waals surface area contributed by atoms with E-state index in [0.29, 0.717) is 26.6 Å². The number of nitrogens with one attached hydrogen (secondary N) is 1. The molecule has 0 unspecified atom stereocenters. The Hall–Kier alpha value is -2.44. The van der Waals surface area contributed by atoms with Crippen LogP contribution in [0.4, 0.5) is 5.69 Å². The molecule has 0 radical (unpaired) electrons. The molecule has 5 nitrogen and oxygen atoms in total. The van der Waals surface area contributed by atoms with E-state index in [4.69, 9.17) is 21.1 Å². The van der Waals surface area contributed by atoms with Gasteiger partial charge in [-0.15, -0.1) is 0 Å². The van der Waals surface area contributed by atoms with E-state index in [1.807, 2.05) is 31.2 Å². The molecule has 0 atom stereocenters. The van der Waals surface area contributed by atoms with E-state index in [1.54, 1.807) is 18.2 Å². The lowest BCUT2D eigenvalue weighted by molar-refractivity contribution is -0.115. The van der Waals surface area contributed by atoms with Crippen LogP contribution in [-0.4, -0.2) is 25.3 Å². The van der Waals surface area contributed by atoms with Crippen LogP contribution in [-0.2, 0) is 4.79 Å². The standard InChI is InChI=1S/C19H17ClN2O3S/c1-11-6-4-5-7-14(11)21-19-22-18(23)16(26-19)10-12-8-13(20)17(25-3)15(9-12)24-2/h4-10H,1-3H3,(H,21,22,23)/b16-10+. The first kappa shape index (κ1) is 18.4. The predicted molar refractivity (Wildman–Crippen MR) is 107 cm³/mol. The van der Waals surface area contributed by atoms with Crippen LogP contribution in [0.25, 0.3) is 6.08 Å². The van der Waals surface area contributed by atoms with E-state index in [0.717, 1.165) is 16.8 Å². The second-order valence-corrected chi connectivity index (χ2v) is 6.94. The lowest BCUT2D eigenvalue weighted by atomic mass is 10.2. The molecule has 0 bridgehead atoms. The van der Waals surface area contributed by atoms with Gasteiger partial charge in [-0.05, 0) is 54.1 Å². The van der Waals surface area contributed by atoms with Crippen LogP contribution in [0.3, 0.4) is 0 Å². The van der Waals surface area contributed by atoms with E-state index in [-0.39, 0.29) is 5.91 Å². The quantitative estimate of drug-likeness (QED) is 0.780. The molecule has 1 heterocycles. The summed E-state index contributed by atoms with van der Waals surface area (Å²) in [5.74, 6) is 0.763. The van der Waals surface area contributed by atoms with Crippen molar-refractivity contribution < 1.29 is 14.3 Å². The fourth-order valence-corrected chi connectivity index (χ4v) is 3.58. The molecule has 1 aliphatic heterocycles. The molecule has 1 N–H and O–H groups in total. The number of amides is 1. The first-order valence-corrected chi connectivity index (χ1v) is 8.98. The van der Waals surface area contributed by atoms with Crippen LogP contribution in [0, 0.1) is 6.92 Å². The molecule has 0 spiro atoms. The van der Waals surface area contributed by atoms with Gasteiger partial charge in [-0.3, -0.25) is 4.79 Å². The van der Waals surface area contributed by atoms with Gasteiger partial charge in [0.15, 0.2) is 16.7 Å². The third kappa shape index (κ3) is 3.86. The van der Waals surface area contributed by atoms with Gasteiger partial charge < -0.3 is 14.8 Å². The van der Waals surface area contributed by atoms with Crippen LogP contribution in [0.5, 0.6) is 11.5 Å². The number of methoxy groups -OCH3 is 2. The Morgan fingerprint density at radius 3 is 2.65 bits per heavy atom. The number of aliphatic imine (C=N–C) groups is 1. The molecule has 0 saturated carbocycles. The summed E-state index contributed by atoms with van der Waals surface area (Å²) in [6.07, 6.45) is 1.74. The van der Waals surface area contributed by atoms with Gasteiger partial charge in [-0.1, -0.05) is 29.8 Å². The van der Waals surface area contributed by atoms with Crippen LogP contribution in [0.2, 0.25) is 5.02 Å². The molecule has 0 aromatic heterocycles. The molecule has 1 amide bonds. The minimum atomic E-state index is -0.201. The minimum absolute atomic E-state index is 0.201. The van der Waals surface area contributed by atoms with Gasteiger partial charge in [0.1, 0.15) is 0 Å². The number of rotatable bonds is 4. The first-order valence-electron chi connectivity index (χ1n) is 7.78. The van der Waals surface area contributed by atoms with Crippen molar-refractivity contribution in [3.63, 3.8) is 0 Å². The lowest BCUT2D eigenvalue weighted by Crippen LogP contribution is -2.19. The first-order chi connectivity index (χ1) is 12.5. The number of amidine groups is 1. The number of hydrogen-bond acceptors (Lipinski definition) is 5. The Morgan fingerprint density at radius 1 is 1.19 bits per heavy atom. The molecular weight excluding hydrogens is 372 g/mol. The van der Waals surface area contributed by atoms with Crippen LogP contribution in [0.1, 0.15) is 11.1 Å². The SMILES string of the molecule is COc1cc(/C=C2/SC(=Nc3ccccc3C)NC2=O)cc(Cl)c1OC. The number of hydrogen-bond donors (Lipinski definition) is 1. The average Bonchev–Trinajstić information content (AvgIpc) is 2.95. The van der Waals surface area contributed by atoms with Gasteiger partial charge in [-0.2, -0.15) is 0 Å². The number of para-hydroxylation sites is 1. The number of thioether (sulfide) groups is 1. The highest BCUT2D eigenvalue weighted by Gasteiger charge is 2.24. The number of carbonyl (C=O) groups excluding carboxylic acids is 1. The molecule has 1 fully saturated rings. The number of halogens is 1. The minimum Gasteiger partial charge on any atom is -0.493 e. The Balaban J connectivity index is 1.90. The van der Waals surface area contributed by atoms with E-state index < -0.39 is 0 Å². The third-order valence-corrected chi connectivity index (χ3v) is 4.93. The van der Waals surface area contributed by atoms with Crippen molar-refractivity contribution >= 4 is 46.2 Å². The van der Waals surface area contributed by atoms with Gasteiger partial charge in [0.05, 0.1) is 29.8 Å². The molecule has 2 aromatic rings. The van der Waals surface area contributed by atoms with Crippen LogP contribution < -0.4 is 14.8 Å². The molecule has 1 saturated heterocycles. The summed E-state index contributed by atoms with van der Waals surface area (Å²) >= 11 is 7.51. The summed E-state index contributed by atoms with van der Waals surface area (Å²) in [7, 11) is 3.06. The van der Waals surface area contributed by atoms with Gasteiger partial charge in [-0.25, -0.2) is 4.99 Å². The van der Waals surface area contributed by atoms with Crippen molar-refractivity contribution in [1.29, 1.82) is 0 Å². The largest absolute Gasteiger partial charge is 0.493 e. The average molecular weight is 389 g/mol. The predicted octanol–water partition coefficient (Wildman–Crippen LogP) is 4.56. The lowest BCUT2D eigenvalue weighted by Gasteiger charge is -2.10. The number of carbonyl (C=O) groups is 1. The fourth-order valence-electron chi connectivity index (χ4n) is 2.45. The van der Waals surface area contributed by atoms with E-state index in [1.165, 1.54) is 26.0 Å². The smallest absolute Gasteiger partial charge is 0.264 e. The Bertz CT molecular complexity index is 925. The molecule has 26 heavy (non-hydrogen) atoms. The molecule has 7 heteroatoms. The zero-order valence-corrected chi connectivity index (χ0v) is 16.1. The maximum Gasteiger partial charge on any atom is 0.264 e. The highest BCUT2D eigenvalue weighted by molar-refractivity contribution is 8.18. The summed E-state index contributed by atoms with van der Waals surface area (Å²) in [6.45, 7) is 1.98. The number of benzene rings is 2. The summed E-state index contributed by atoms with van der Waals surface area (Å²) < 4.78 is 10.5. The second kappa shape index (κ2) is 7.85. The second-order valence-electron chi connectivity index (χ2n) is 5.51.